The lowest BCUT2D eigenvalue weighted by atomic mass is 10.0. The first-order valence-electron chi connectivity index (χ1n) is 10.8. The molecule has 3 heterocycles. The van der Waals surface area contributed by atoms with Gasteiger partial charge >= 0.3 is 0 Å². The van der Waals surface area contributed by atoms with Gasteiger partial charge in [0.1, 0.15) is 17.6 Å². The number of nitrogens with one attached hydrogen (secondary N) is 1. The lowest BCUT2D eigenvalue weighted by Gasteiger charge is -2.14. The molecule has 1 aliphatic rings. The lowest BCUT2D eigenvalue weighted by molar-refractivity contribution is 0.356. The molecule has 0 fully saturated rings. The number of nitrogens with zero attached hydrogens (tertiary/aromatic N) is 5. The van der Waals surface area contributed by atoms with Crippen LogP contribution in [0, 0.1) is 17.1 Å². The molecule has 0 saturated heterocycles. The zero-order valence-corrected chi connectivity index (χ0v) is 19.8. The minimum absolute atomic E-state index is 0.163. The highest BCUT2D eigenvalue weighted by Gasteiger charge is 2.21. The number of ether oxygens (including phenoxy) is 1. The van der Waals surface area contributed by atoms with Gasteiger partial charge in [-0.2, -0.15) is 5.26 Å². The molecule has 5 rings (SSSR count). The van der Waals surface area contributed by atoms with E-state index in [1.165, 1.54) is 32.3 Å². The van der Waals surface area contributed by atoms with Crippen LogP contribution in [0.1, 0.15) is 16.8 Å². The van der Waals surface area contributed by atoms with Crippen molar-refractivity contribution < 1.29 is 17.5 Å². The van der Waals surface area contributed by atoms with Crippen LogP contribution in [0.15, 0.2) is 53.7 Å². The number of imidazole rings is 1. The first kappa shape index (κ1) is 22.8. The summed E-state index contributed by atoms with van der Waals surface area (Å²) in [5.74, 6) is 0.747. The summed E-state index contributed by atoms with van der Waals surface area (Å²) in [5.41, 5.74) is 3.30. The standard InChI is InChI=1S/C24H21FN6O3S/c1-30(2)35(32,33)17-5-3-15(4-6-17)19-12-27-24(31-14-16(11-26)29-23(19)31)28-13-20-18-9-10-34-22(18)8-7-21(20)25/h3-8,12,14H,9-10,13H2,1-2H3,(H,27,28). The Morgan fingerprint density at radius 3 is 2.71 bits per heavy atom. The molecule has 0 radical (unpaired) electrons. The SMILES string of the molecule is CN(C)S(=O)(=O)c1ccc(-c2cnc(NCc3c(F)ccc4c3CCO4)n3cc(C#N)nc23)cc1. The van der Waals surface area contributed by atoms with Crippen LogP contribution < -0.4 is 10.1 Å². The number of sulfonamides is 1. The van der Waals surface area contributed by atoms with Crippen LogP contribution >= 0.6 is 0 Å². The molecule has 2 aromatic carbocycles. The Labute approximate surface area is 201 Å². The molecule has 0 unspecified atom stereocenters. The average molecular weight is 493 g/mol. The summed E-state index contributed by atoms with van der Waals surface area (Å²) >= 11 is 0. The highest BCUT2D eigenvalue weighted by Crippen LogP contribution is 2.31. The minimum Gasteiger partial charge on any atom is -0.493 e. The summed E-state index contributed by atoms with van der Waals surface area (Å²) in [6.07, 6.45) is 3.78. The summed E-state index contributed by atoms with van der Waals surface area (Å²) in [7, 11) is -0.620. The van der Waals surface area contributed by atoms with Crippen LogP contribution in [0.3, 0.4) is 0 Å². The molecule has 2 aromatic heterocycles. The second-order valence-corrected chi connectivity index (χ2v) is 10.3. The highest BCUT2D eigenvalue weighted by molar-refractivity contribution is 7.89. The normalized spacial score (nSPS) is 13.0. The number of halogens is 1. The minimum atomic E-state index is -3.56. The Balaban J connectivity index is 1.51. The Hall–Kier alpha value is -4.01. The van der Waals surface area contributed by atoms with Crippen molar-refractivity contribution in [1.82, 2.24) is 18.7 Å². The van der Waals surface area contributed by atoms with E-state index in [1.807, 2.05) is 6.07 Å². The zero-order chi connectivity index (χ0) is 24.7. The predicted octanol–water partition coefficient (Wildman–Crippen LogP) is 3.20. The summed E-state index contributed by atoms with van der Waals surface area (Å²) in [5, 5.41) is 12.6. The van der Waals surface area contributed by atoms with Crippen molar-refractivity contribution in [2.45, 2.75) is 17.9 Å². The highest BCUT2D eigenvalue weighted by atomic mass is 32.2. The Morgan fingerprint density at radius 2 is 2.00 bits per heavy atom. The van der Waals surface area contributed by atoms with Crippen LogP contribution in [0.4, 0.5) is 10.3 Å². The number of benzene rings is 2. The Bertz CT molecular complexity index is 1590. The second-order valence-electron chi connectivity index (χ2n) is 8.19. The van der Waals surface area contributed by atoms with Crippen molar-refractivity contribution >= 4 is 21.6 Å². The van der Waals surface area contributed by atoms with E-state index in [-0.39, 0.29) is 23.0 Å². The van der Waals surface area contributed by atoms with Crippen molar-refractivity contribution in [3.05, 3.63) is 71.4 Å². The first-order chi connectivity index (χ1) is 16.8. The van der Waals surface area contributed by atoms with Crippen molar-refractivity contribution in [2.24, 2.45) is 0 Å². The van der Waals surface area contributed by atoms with Crippen molar-refractivity contribution in [3.8, 4) is 22.9 Å². The molecule has 0 spiro atoms. The number of rotatable bonds is 6. The van der Waals surface area contributed by atoms with Gasteiger partial charge in [-0.1, -0.05) is 12.1 Å². The fraction of sp³-hybridized carbons (Fsp3) is 0.208. The van der Waals surface area contributed by atoms with Crippen LogP contribution in [0.25, 0.3) is 16.8 Å². The molecular weight excluding hydrogens is 471 g/mol. The van der Waals surface area contributed by atoms with Gasteiger partial charge < -0.3 is 10.1 Å². The van der Waals surface area contributed by atoms with E-state index in [9.17, 15) is 18.1 Å². The van der Waals surface area contributed by atoms with E-state index in [1.54, 1.807) is 35.0 Å². The van der Waals surface area contributed by atoms with Gasteiger partial charge in [-0.25, -0.2) is 27.1 Å². The van der Waals surface area contributed by atoms with Crippen LogP contribution in [0.5, 0.6) is 5.75 Å². The molecule has 0 aliphatic carbocycles. The molecule has 1 aliphatic heterocycles. The molecule has 1 N–H and O–H groups in total. The predicted molar refractivity (Wildman–Crippen MR) is 127 cm³/mol. The third-order valence-corrected chi connectivity index (χ3v) is 7.74. The van der Waals surface area contributed by atoms with Crippen molar-refractivity contribution in [1.29, 1.82) is 5.26 Å². The second kappa shape index (κ2) is 8.65. The maximum atomic E-state index is 14.5. The fourth-order valence-corrected chi connectivity index (χ4v) is 4.96. The topological polar surface area (TPSA) is 113 Å². The van der Waals surface area contributed by atoms with Crippen molar-refractivity contribution in [2.75, 3.05) is 26.0 Å². The fourth-order valence-electron chi connectivity index (χ4n) is 4.06. The van der Waals surface area contributed by atoms with Gasteiger partial charge in [0, 0.05) is 49.9 Å². The molecule has 0 saturated carbocycles. The van der Waals surface area contributed by atoms with Crippen LogP contribution in [-0.4, -0.2) is 47.8 Å². The molecule has 9 nitrogen and oxygen atoms in total. The summed E-state index contributed by atoms with van der Waals surface area (Å²) in [6.45, 7) is 0.696. The van der Waals surface area contributed by atoms with Gasteiger partial charge in [-0.3, -0.25) is 4.40 Å². The maximum Gasteiger partial charge on any atom is 0.242 e. The Morgan fingerprint density at radius 1 is 1.23 bits per heavy atom. The Kier molecular flexibility index (Phi) is 5.62. The molecule has 35 heavy (non-hydrogen) atoms. The van der Waals surface area contributed by atoms with E-state index in [0.717, 1.165) is 9.87 Å². The number of hydrogen-bond acceptors (Lipinski definition) is 7. The van der Waals surface area contributed by atoms with Crippen LogP contribution in [-0.2, 0) is 23.0 Å². The molecule has 178 valence electrons. The van der Waals surface area contributed by atoms with E-state index in [4.69, 9.17) is 4.74 Å². The molecule has 4 aromatic rings. The van der Waals surface area contributed by atoms with Gasteiger partial charge in [0.25, 0.3) is 0 Å². The molecule has 0 atom stereocenters. The van der Waals surface area contributed by atoms with E-state index in [0.29, 0.717) is 47.1 Å². The van der Waals surface area contributed by atoms with Gasteiger partial charge in [0.2, 0.25) is 16.0 Å². The number of aromatic nitrogens is 3. The first-order valence-corrected chi connectivity index (χ1v) is 12.2. The van der Waals surface area contributed by atoms with Crippen molar-refractivity contribution in [3.63, 3.8) is 0 Å². The third kappa shape index (κ3) is 3.96. The van der Waals surface area contributed by atoms with Gasteiger partial charge in [-0.05, 0) is 29.8 Å². The van der Waals surface area contributed by atoms with Gasteiger partial charge in [0.15, 0.2) is 11.3 Å². The number of anilines is 1. The third-order valence-electron chi connectivity index (χ3n) is 5.91. The quantitative estimate of drug-likeness (QED) is 0.440. The monoisotopic (exact) mass is 492 g/mol. The number of hydrogen-bond donors (Lipinski definition) is 1. The molecular formula is C24H21FN6O3S. The number of fused-ring (bicyclic) bond motifs is 2. The maximum absolute atomic E-state index is 14.5. The van der Waals surface area contributed by atoms with E-state index < -0.39 is 10.0 Å². The molecule has 11 heteroatoms. The largest absolute Gasteiger partial charge is 0.493 e. The summed E-state index contributed by atoms with van der Waals surface area (Å²) < 4.78 is 47.6. The molecule has 0 bridgehead atoms. The molecule has 0 amide bonds. The summed E-state index contributed by atoms with van der Waals surface area (Å²) in [4.78, 5) is 9.05. The van der Waals surface area contributed by atoms with E-state index >= 15 is 0 Å². The zero-order valence-electron chi connectivity index (χ0n) is 19.0. The smallest absolute Gasteiger partial charge is 0.242 e. The van der Waals surface area contributed by atoms with Gasteiger partial charge in [-0.15, -0.1) is 0 Å². The number of nitriles is 1. The van der Waals surface area contributed by atoms with E-state index in [2.05, 4.69) is 15.3 Å². The lowest BCUT2D eigenvalue weighted by Crippen LogP contribution is -2.22. The van der Waals surface area contributed by atoms with Crippen LogP contribution in [0.2, 0.25) is 0 Å². The van der Waals surface area contributed by atoms with Gasteiger partial charge in [0.05, 0.1) is 17.7 Å². The average Bonchev–Trinajstić information content (AvgIpc) is 3.50. The summed E-state index contributed by atoms with van der Waals surface area (Å²) in [6, 6.07) is 11.4.